The van der Waals surface area contributed by atoms with Crippen LogP contribution in [0.15, 0.2) is 6.33 Å². The Balaban J connectivity index is 2.05. The molecule has 1 aliphatic rings. The minimum Gasteiger partial charge on any atom is -0.481 e. The van der Waals surface area contributed by atoms with Crippen molar-refractivity contribution in [1.29, 1.82) is 0 Å². The molecule has 0 spiro atoms. The summed E-state index contributed by atoms with van der Waals surface area (Å²) in [5.41, 5.74) is 0.310. The van der Waals surface area contributed by atoms with Gasteiger partial charge in [-0.15, -0.1) is 0 Å². The highest BCUT2D eigenvalue weighted by atomic mass is 19.1. The van der Waals surface area contributed by atoms with Crippen LogP contribution in [0, 0.1) is 24.6 Å². The largest absolute Gasteiger partial charge is 0.481 e. The summed E-state index contributed by atoms with van der Waals surface area (Å²) < 4.78 is 13.7. The van der Waals surface area contributed by atoms with Crippen molar-refractivity contribution >= 4 is 11.8 Å². The zero-order chi connectivity index (χ0) is 12.6. The second-order valence-electron chi connectivity index (χ2n) is 4.39. The number of aliphatic carboxylic acids is 1. The molecule has 1 aromatic heterocycles. The Labute approximate surface area is 98.3 Å². The smallest absolute Gasteiger partial charge is 0.306 e. The lowest BCUT2D eigenvalue weighted by Crippen LogP contribution is -2.51. The first-order valence-corrected chi connectivity index (χ1v) is 5.45. The van der Waals surface area contributed by atoms with E-state index in [-0.39, 0.29) is 11.7 Å². The van der Waals surface area contributed by atoms with E-state index in [1.807, 2.05) is 0 Å². The summed E-state index contributed by atoms with van der Waals surface area (Å²) >= 11 is 0. The molecule has 1 unspecified atom stereocenters. The van der Waals surface area contributed by atoms with Gasteiger partial charge in [0.1, 0.15) is 6.33 Å². The predicted octanol–water partition coefficient (Wildman–Crippen LogP) is 1.08. The van der Waals surface area contributed by atoms with E-state index in [9.17, 15) is 9.18 Å². The van der Waals surface area contributed by atoms with Crippen molar-refractivity contribution < 1.29 is 14.3 Å². The predicted molar refractivity (Wildman–Crippen MR) is 59.2 cm³/mol. The van der Waals surface area contributed by atoms with Crippen LogP contribution in [0.4, 0.5) is 10.2 Å². The highest BCUT2D eigenvalue weighted by molar-refractivity contribution is 5.70. The maximum absolute atomic E-state index is 13.7. The number of carbonyl (C=O) groups is 1. The molecule has 5 nitrogen and oxygen atoms in total. The average molecular weight is 239 g/mol. The van der Waals surface area contributed by atoms with Gasteiger partial charge in [0.25, 0.3) is 0 Å². The van der Waals surface area contributed by atoms with Crippen LogP contribution in [0.1, 0.15) is 12.6 Å². The average Bonchev–Trinajstić information content (AvgIpc) is 2.21. The molecular weight excluding hydrogens is 225 g/mol. The van der Waals surface area contributed by atoms with Gasteiger partial charge in [-0.05, 0) is 6.92 Å². The number of hydrogen-bond acceptors (Lipinski definition) is 4. The molecule has 0 radical (unpaired) electrons. The maximum Gasteiger partial charge on any atom is 0.306 e. The normalized spacial score (nSPS) is 17.7. The topological polar surface area (TPSA) is 66.3 Å². The number of rotatable bonds is 3. The second-order valence-corrected chi connectivity index (χ2v) is 4.39. The van der Waals surface area contributed by atoms with Crippen molar-refractivity contribution in [3.05, 3.63) is 17.8 Å². The minimum atomic E-state index is -0.811. The van der Waals surface area contributed by atoms with Crippen molar-refractivity contribution in [2.24, 2.45) is 11.8 Å². The Morgan fingerprint density at radius 2 is 2.24 bits per heavy atom. The molecule has 1 atom stereocenters. The van der Waals surface area contributed by atoms with Gasteiger partial charge in [-0.2, -0.15) is 0 Å². The first-order chi connectivity index (χ1) is 8.00. The summed E-state index contributed by atoms with van der Waals surface area (Å²) in [7, 11) is 0. The van der Waals surface area contributed by atoms with Crippen molar-refractivity contribution in [2.75, 3.05) is 18.0 Å². The van der Waals surface area contributed by atoms with Gasteiger partial charge in [0, 0.05) is 19.0 Å². The molecule has 0 aliphatic carbocycles. The van der Waals surface area contributed by atoms with Crippen molar-refractivity contribution in [2.45, 2.75) is 13.8 Å². The van der Waals surface area contributed by atoms with Gasteiger partial charge in [0.2, 0.25) is 0 Å². The number of carboxylic acid groups (broad SMARTS) is 1. The van der Waals surface area contributed by atoms with Crippen LogP contribution in [0.25, 0.3) is 0 Å². The van der Waals surface area contributed by atoms with Gasteiger partial charge in [-0.3, -0.25) is 4.79 Å². The molecule has 0 amide bonds. The van der Waals surface area contributed by atoms with Gasteiger partial charge in [-0.1, -0.05) is 6.92 Å². The number of carboxylic acids is 1. The van der Waals surface area contributed by atoms with Gasteiger partial charge in [-0.25, -0.2) is 14.4 Å². The maximum atomic E-state index is 13.7. The molecule has 6 heteroatoms. The van der Waals surface area contributed by atoms with Crippen LogP contribution in [0.3, 0.4) is 0 Å². The lowest BCUT2D eigenvalue weighted by atomic mass is 9.87. The molecule has 1 aliphatic heterocycles. The van der Waals surface area contributed by atoms with E-state index in [2.05, 4.69) is 9.97 Å². The van der Waals surface area contributed by atoms with Crippen LogP contribution in [-0.2, 0) is 4.79 Å². The summed E-state index contributed by atoms with van der Waals surface area (Å²) in [5, 5.41) is 8.85. The first kappa shape index (κ1) is 11.8. The molecule has 1 N–H and O–H groups in total. The van der Waals surface area contributed by atoms with Crippen LogP contribution < -0.4 is 4.90 Å². The Morgan fingerprint density at radius 1 is 1.59 bits per heavy atom. The minimum absolute atomic E-state index is 0.0576. The van der Waals surface area contributed by atoms with E-state index in [0.29, 0.717) is 18.8 Å². The molecule has 1 fully saturated rings. The molecule has 1 saturated heterocycles. The second kappa shape index (κ2) is 4.27. The van der Waals surface area contributed by atoms with E-state index >= 15 is 0 Å². The molecule has 17 heavy (non-hydrogen) atoms. The highest BCUT2D eigenvalue weighted by Gasteiger charge is 2.36. The summed E-state index contributed by atoms with van der Waals surface area (Å²) in [4.78, 5) is 20.2. The van der Waals surface area contributed by atoms with E-state index in [4.69, 9.17) is 5.11 Å². The highest BCUT2D eigenvalue weighted by Crippen LogP contribution is 2.29. The van der Waals surface area contributed by atoms with Crippen molar-refractivity contribution in [1.82, 2.24) is 9.97 Å². The van der Waals surface area contributed by atoms with Crippen LogP contribution in [-0.4, -0.2) is 34.1 Å². The van der Waals surface area contributed by atoms with E-state index in [1.54, 1.807) is 18.7 Å². The quantitative estimate of drug-likeness (QED) is 0.855. The summed E-state index contributed by atoms with van der Waals surface area (Å²) in [5.74, 6) is -1.31. The fourth-order valence-corrected chi connectivity index (χ4v) is 1.87. The lowest BCUT2D eigenvalue weighted by molar-refractivity contribution is -0.143. The summed E-state index contributed by atoms with van der Waals surface area (Å²) in [6.45, 7) is 4.31. The number of hydrogen-bond donors (Lipinski definition) is 1. The third-order valence-corrected chi connectivity index (χ3v) is 3.25. The van der Waals surface area contributed by atoms with Crippen molar-refractivity contribution in [3.8, 4) is 0 Å². The van der Waals surface area contributed by atoms with E-state index < -0.39 is 17.7 Å². The zero-order valence-corrected chi connectivity index (χ0v) is 9.72. The van der Waals surface area contributed by atoms with Crippen LogP contribution in [0.5, 0.6) is 0 Å². The molecule has 92 valence electrons. The number of aryl methyl sites for hydroxylation is 1. The SMILES string of the molecule is Cc1ncnc(N2CC(C(C)C(=O)O)C2)c1F. The molecule has 0 aromatic carbocycles. The first-order valence-electron chi connectivity index (χ1n) is 5.45. The van der Waals surface area contributed by atoms with Gasteiger partial charge < -0.3 is 10.0 Å². The molecular formula is C11H14FN3O2. The van der Waals surface area contributed by atoms with Crippen LogP contribution in [0.2, 0.25) is 0 Å². The molecule has 0 saturated carbocycles. The lowest BCUT2D eigenvalue weighted by Gasteiger charge is -2.42. The number of nitrogens with zero attached hydrogens (tertiary/aromatic N) is 3. The standard InChI is InChI=1S/C11H14FN3O2/c1-6(11(16)17)8-3-15(4-8)10-9(12)7(2)13-5-14-10/h5-6,8H,3-4H2,1-2H3,(H,16,17). The number of aromatic nitrogens is 2. The van der Waals surface area contributed by atoms with E-state index in [1.165, 1.54) is 6.33 Å². The monoisotopic (exact) mass is 239 g/mol. The Kier molecular flexibility index (Phi) is 2.95. The fraction of sp³-hybridized carbons (Fsp3) is 0.545. The van der Waals surface area contributed by atoms with E-state index in [0.717, 1.165) is 0 Å². The van der Waals surface area contributed by atoms with Crippen LogP contribution >= 0.6 is 0 Å². The Morgan fingerprint density at radius 3 is 2.82 bits per heavy atom. The third-order valence-electron chi connectivity index (χ3n) is 3.25. The molecule has 2 rings (SSSR count). The number of anilines is 1. The molecule has 2 heterocycles. The summed E-state index contributed by atoms with van der Waals surface area (Å²) in [6.07, 6.45) is 1.32. The van der Waals surface area contributed by atoms with Crippen molar-refractivity contribution in [3.63, 3.8) is 0 Å². The van der Waals surface area contributed by atoms with Gasteiger partial charge >= 0.3 is 5.97 Å². The Hall–Kier alpha value is -1.72. The Bertz CT molecular complexity index is 446. The van der Waals surface area contributed by atoms with Gasteiger partial charge in [0.15, 0.2) is 11.6 Å². The third kappa shape index (κ3) is 2.07. The zero-order valence-electron chi connectivity index (χ0n) is 9.72. The summed E-state index contributed by atoms with van der Waals surface area (Å²) in [6, 6.07) is 0. The molecule has 1 aromatic rings. The number of halogens is 1. The molecule has 0 bridgehead atoms. The fourth-order valence-electron chi connectivity index (χ4n) is 1.87. The van der Waals surface area contributed by atoms with Gasteiger partial charge in [0.05, 0.1) is 11.6 Å².